The van der Waals surface area contributed by atoms with Crippen LogP contribution >= 0.6 is 0 Å². The Hall–Kier alpha value is -2.07. The number of ether oxygens (including phenoxy) is 1. The number of benzene rings is 2. The zero-order valence-corrected chi connectivity index (χ0v) is 14.1. The molecule has 0 unspecified atom stereocenters. The Morgan fingerprint density at radius 1 is 0.955 bits per heavy atom. The molecule has 2 aromatic carbocycles. The van der Waals surface area contributed by atoms with E-state index in [2.05, 4.69) is 0 Å². The van der Waals surface area contributed by atoms with Crippen molar-refractivity contribution in [1.82, 2.24) is 0 Å². The van der Waals surface area contributed by atoms with Gasteiger partial charge in [0.2, 0.25) is 9.84 Å². The van der Waals surface area contributed by atoms with Crippen LogP contribution in [0.4, 0.5) is 0 Å². The molecule has 4 heteroatoms. The molecule has 0 heterocycles. The van der Waals surface area contributed by atoms with E-state index in [1.165, 1.54) is 0 Å². The fraction of sp³-hybridized carbons (Fsp3) is 0.222. The Morgan fingerprint density at radius 3 is 2.09 bits per heavy atom. The van der Waals surface area contributed by atoms with Gasteiger partial charge in [0.05, 0.1) is 15.6 Å². The molecule has 0 bridgehead atoms. The van der Waals surface area contributed by atoms with Crippen molar-refractivity contribution in [3.63, 3.8) is 0 Å². The van der Waals surface area contributed by atoms with E-state index in [0.717, 1.165) is 16.9 Å². The van der Waals surface area contributed by atoms with Crippen LogP contribution in [0.25, 0.3) is 0 Å². The Kier molecular flexibility index (Phi) is 4.71. The van der Waals surface area contributed by atoms with Gasteiger partial charge in [0.1, 0.15) is 5.75 Å². The zero-order chi connectivity index (χ0) is 16.3. The van der Waals surface area contributed by atoms with E-state index in [0.29, 0.717) is 10.6 Å². The average Bonchev–Trinajstić information content (AvgIpc) is 2.50. The molecule has 0 fully saturated rings. The lowest BCUT2D eigenvalue weighted by Crippen LogP contribution is -2.03. The molecule has 0 saturated heterocycles. The molecule has 2 rings (SSSR count). The number of aryl methyl sites for hydroxylation is 2. The van der Waals surface area contributed by atoms with Crippen LogP contribution in [0.5, 0.6) is 5.75 Å². The Morgan fingerprint density at radius 2 is 1.55 bits per heavy atom. The van der Waals surface area contributed by atoms with Crippen molar-refractivity contribution in [2.45, 2.75) is 37.5 Å². The minimum atomic E-state index is -3.50. The van der Waals surface area contributed by atoms with Gasteiger partial charge in [-0.2, -0.15) is 0 Å². The van der Waals surface area contributed by atoms with E-state index in [1.54, 1.807) is 36.4 Å². The molecule has 0 saturated carbocycles. The highest BCUT2D eigenvalue weighted by Gasteiger charge is 2.18. The Bertz CT molecular complexity index is 801. The third-order valence-corrected chi connectivity index (χ3v) is 5.38. The molecule has 0 radical (unpaired) electrons. The van der Waals surface area contributed by atoms with Gasteiger partial charge < -0.3 is 4.74 Å². The zero-order valence-electron chi connectivity index (χ0n) is 13.3. The van der Waals surface area contributed by atoms with Gasteiger partial charge in [0.15, 0.2) is 0 Å². The molecular formula is C18H20O3S. The highest BCUT2D eigenvalue weighted by Crippen LogP contribution is 2.25. The normalized spacial score (nSPS) is 12.3. The van der Waals surface area contributed by atoms with Gasteiger partial charge in [-0.25, -0.2) is 8.42 Å². The van der Waals surface area contributed by atoms with E-state index in [-0.39, 0.29) is 4.90 Å². The smallest absolute Gasteiger partial charge is 0.206 e. The summed E-state index contributed by atoms with van der Waals surface area (Å²) in [5.74, 6) is 1.39. The molecule has 0 spiro atoms. The first-order valence-electron chi connectivity index (χ1n) is 7.08. The quantitative estimate of drug-likeness (QED) is 0.783. The third kappa shape index (κ3) is 3.39. The van der Waals surface area contributed by atoms with Gasteiger partial charge in [0, 0.05) is 0 Å². The second-order valence-electron chi connectivity index (χ2n) is 5.22. The SMILES string of the molecule is CC=C(C)Oc1ccc(S(=O)(=O)c2ccc(C)c(C)c2)cc1. The summed E-state index contributed by atoms with van der Waals surface area (Å²) < 4.78 is 30.8. The first-order chi connectivity index (χ1) is 10.3. The Balaban J connectivity index is 2.35. The standard InChI is InChI=1S/C18H20O3S/c1-5-15(4)21-16-7-10-17(11-8-16)22(19,20)18-9-6-13(2)14(3)12-18/h5-12H,1-4H3. The van der Waals surface area contributed by atoms with Crippen molar-refractivity contribution < 1.29 is 13.2 Å². The molecule has 0 atom stereocenters. The van der Waals surface area contributed by atoms with Gasteiger partial charge in [-0.3, -0.25) is 0 Å². The summed E-state index contributed by atoms with van der Waals surface area (Å²) in [6.45, 7) is 7.60. The topological polar surface area (TPSA) is 43.4 Å². The van der Waals surface area contributed by atoms with E-state index in [4.69, 9.17) is 4.74 Å². The van der Waals surface area contributed by atoms with E-state index >= 15 is 0 Å². The van der Waals surface area contributed by atoms with Gasteiger partial charge in [-0.15, -0.1) is 0 Å². The van der Waals surface area contributed by atoms with Crippen LogP contribution in [0.1, 0.15) is 25.0 Å². The number of allylic oxidation sites excluding steroid dienone is 2. The lowest BCUT2D eigenvalue weighted by Gasteiger charge is -2.09. The van der Waals surface area contributed by atoms with Crippen molar-refractivity contribution in [1.29, 1.82) is 0 Å². The fourth-order valence-corrected chi connectivity index (χ4v) is 3.29. The molecule has 116 valence electrons. The summed E-state index contributed by atoms with van der Waals surface area (Å²) in [6.07, 6.45) is 1.85. The molecule has 0 amide bonds. The van der Waals surface area contributed by atoms with E-state index < -0.39 is 9.84 Å². The second kappa shape index (κ2) is 6.36. The van der Waals surface area contributed by atoms with Crippen molar-refractivity contribution in [3.05, 3.63) is 65.4 Å². The molecule has 22 heavy (non-hydrogen) atoms. The number of hydrogen-bond acceptors (Lipinski definition) is 3. The van der Waals surface area contributed by atoms with Crippen molar-refractivity contribution in [2.24, 2.45) is 0 Å². The molecule has 0 aliphatic rings. The largest absolute Gasteiger partial charge is 0.462 e. The first-order valence-corrected chi connectivity index (χ1v) is 8.56. The summed E-state index contributed by atoms with van der Waals surface area (Å²) in [4.78, 5) is 0.579. The van der Waals surface area contributed by atoms with Crippen molar-refractivity contribution >= 4 is 9.84 Å². The van der Waals surface area contributed by atoms with Crippen LogP contribution in [-0.4, -0.2) is 8.42 Å². The monoisotopic (exact) mass is 316 g/mol. The summed E-state index contributed by atoms with van der Waals surface area (Å²) in [5.41, 5.74) is 2.04. The highest BCUT2D eigenvalue weighted by atomic mass is 32.2. The van der Waals surface area contributed by atoms with Crippen LogP contribution in [0, 0.1) is 13.8 Å². The minimum Gasteiger partial charge on any atom is -0.462 e. The third-order valence-electron chi connectivity index (χ3n) is 3.61. The maximum absolute atomic E-state index is 12.6. The average molecular weight is 316 g/mol. The van der Waals surface area contributed by atoms with Crippen LogP contribution in [-0.2, 0) is 9.84 Å². The van der Waals surface area contributed by atoms with Crippen molar-refractivity contribution in [2.75, 3.05) is 0 Å². The molecular weight excluding hydrogens is 296 g/mol. The van der Waals surface area contributed by atoms with Crippen LogP contribution < -0.4 is 4.74 Å². The van der Waals surface area contributed by atoms with E-state index in [9.17, 15) is 8.42 Å². The second-order valence-corrected chi connectivity index (χ2v) is 7.17. The van der Waals surface area contributed by atoms with Crippen LogP contribution in [0.15, 0.2) is 64.1 Å². The van der Waals surface area contributed by atoms with Crippen LogP contribution in [0.3, 0.4) is 0 Å². The maximum atomic E-state index is 12.6. The van der Waals surface area contributed by atoms with Crippen LogP contribution in [0.2, 0.25) is 0 Å². The summed E-state index contributed by atoms with van der Waals surface area (Å²) in [6, 6.07) is 11.7. The molecule has 0 aliphatic heterocycles. The highest BCUT2D eigenvalue weighted by molar-refractivity contribution is 7.91. The molecule has 0 aliphatic carbocycles. The Labute approximate surface area is 132 Å². The van der Waals surface area contributed by atoms with Gasteiger partial charge in [-0.1, -0.05) is 6.07 Å². The fourth-order valence-electron chi connectivity index (χ4n) is 1.95. The maximum Gasteiger partial charge on any atom is 0.206 e. The summed E-state index contributed by atoms with van der Waals surface area (Å²) in [5, 5.41) is 0. The van der Waals surface area contributed by atoms with Gasteiger partial charge >= 0.3 is 0 Å². The predicted octanol–water partition coefficient (Wildman–Crippen LogP) is 4.44. The number of rotatable bonds is 4. The molecule has 0 N–H and O–H groups in total. The summed E-state index contributed by atoms with van der Waals surface area (Å²) >= 11 is 0. The predicted molar refractivity (Wildman–Crippen MR) is 87.9 cm³/mol. The number of sulfone groups is 1. The molecule has 0 aromatic heterocycles. The summed E-state index contributed by atoms with van der Waals surface area (Å²) in [7, 11) is -3.50. The first kappa shape index (κ1) is 16.3. The van der Waals surface area contributed by atoms with E-state index in [1.807, 2.05) is 39.8 Å². The van der Waals surface area contributed by atoms with Gasteiger partial charge in [0.25, 0.3) is 0 Å². The van der Waals surface area contributed by atoms with Crippen molar-refractivity contribution in [3.8, 4) is 5.75 Å². The van der Waals surface area contributed by atoms with Gasteiger partial charge in [-0.05, 0) is 81.3 Å². The lowest BCUT2D eigenvalue weighted by atomic mass is 10.1. The molecule has 3 nitrogen and oxygen atoms in total. The molecule has 2 aromatic rings. The number of hydrogen-bond donors (Lipinski definition) is 0. The minimum absolute atomic E-state index is 0.265. The lowest BCUT2D eigenvalue weighted by molar-refractivity contribution is 0.426.